The van der Waals surface area contributed by atoms with Crippen LogP contribution < -0.4 is 0 Å². The van der Waals surface area contributed by atoms with Gasteiger partial charge in [0, 0.05) is 25.5 Å². The predicted molar refractivity (Wildman–Crippen MR) is 111 cm³/mol. The van der Waals surface area contributed by atoms with Gasteiger partial charge in [0.25, 0.3) is 0 Å². The van der Waals surface area contributed by atoms with Crippen molar-refractivity contribution in [2.45, 2.75) is 52.0 Å². The van der Waals surface area contributed by atoms with Gasteiger partial charge in [-0.15, -0.1) is 0 Å². The summed E-state index contributed by atoms with van der Waals surface area (Å²) in [5.74, 6) is -0.671. The zero-order valence-corrected chi connectivity index (χ0v) is 18.2. The monoisotopic (exact) mass is 416 g/mol. The molecule has 1 aromatic heterocycles. The van der Waals surface area contributed by atoms with Crippen LogP contribution in [0.15, 0.2) is 41.6 Å². The molecule has 156 valence electrons. The summed E-state index contributed by atoms with van der Waals surface area (Å²) in [6.07, 6.45) is 4.15. The molecule has 1 aliphatic rings. The number of hydrogen-bond donors (Lipinski definition) is 1. The number of aromatic nitrogens is 1. The van der Waals surface area contributed by atoms with Crippen LogP contribution in [-0.2, 0) is 34.2 Å². The molecule has 7 heteroatoms. The molecule has 1 aromatic carbocycles. The highest BCUT2D eigenvalue weighted by molar-refractivity contribution is 7.89. The maximum Gasteiger partial charge on any atom is 0.309 e. The van der Waals surface area contributed by atoms with Gasteiger partial charge in [-0.3, -0.25) is 9.78 Å². The Labute approximate surface area is 172 Å². The second kappa shape index (κ2) is 7.88. The van der Waals surface area contributed by atoms with Crippen molar-refractivity contribution in [3.8, 4) is 0 Å². The summed E-state index contributed by atoms with van der Waals surface area (Å²) in [5.41, 5.74) is 2.69. The van der Waals surface area contributed by atoms with E-state index in [2.05, 4.69) is 11.9 Å². The molecule has 6 nitrogen and oxygen atoms in total. The van der Waals surface area contributed by atoms with Crippen LogP contribution in [0.3, 0.4) is 0 Å². The number of benzene rings is 1. The third-order valence-corrected chi connectivity index (χ3v) is 7.44. The van der Waals surface area contributed by atoms with Crippen LogP contribution >= 0.6 is 0 Å². The molecular formula is C22H28N2O4S. The maximum absolute atomic E-state index is 13.3. The summed E-state index contributed by atoms with van der Waals surface area (Å²) in [6.45, 7) is 8.08. The molecule has 0 fully saturated rings. The number of rotatable bonds is 5. The number of aliphatic carboxylic acids is 1. The van der Waals surface area contributed by atoms with Crippen LogP contribution in [0, 0.1) is 18.3 Å². The molecule has 0 saturated heterocycles. The molecule has 2 heterocycles. The highest BCUT2D eigenvalue weighted by atomic mass is 32.2. The Bertz CT molecular complexity index is 1030. The standard InChI is InChI=1S/C22H28N2O4S/c1-15-9-18-7-8-23-12-20(18)29(27,28)24(13-15)14-19-10-17(6-5-16(19)2)11-22(3,4)21(25)26/h5-8,10,12,15H,9,11,13-14H2,1-4H3,(H,25,26). The minimum atomic E-state index is -3.65. The maximum atomic E-state index is 13.3. The van der Waals surface area contributed by atoms with Crippen LogP contribution in [-0.4, -0.2) is 35.3 Å². The van der Waals surface area contributed by atoms with E-state index in [1.54, 1.807) is 26.1 Å². The minimum absolute atomic E-state index is 0.183. The summed E-state index contributed by atoms with van der Waals surface area (Å²) >= 11 is 0. The molecule has 29 heavy (non-hydrogen) atoms. The van der Waals surface area contributed by atoms with E-state index in [1.807, 2.05) is 25.1 Å². The number of hydrogen-bond acceptors (Lipinski definition) is 4. The van der Waals surface area contributed by atoms with Crippen molar-refractivity contribution in [3.05, 3.63) is 58.9 Å². The highest BCUT2D eigenvalue weighted by Crippen LogP contribution is 2.30. The molecule has 0 spiro atoms. The molecule has 0 saturated carbocycles. The van der Waals surface area contributed by atoms with Crippen molar-refractivity contribution >= 4 is 16.0 Å². The van der Waals surface area contributed by atoms with E-state index in [1.165, 1.54) is 10.5 Å². The van der Waals surface area contributed by atoms with Crippen molar-refractivity contribution in [2.24, 2.45) is 11.3 Å². The van der Waals surface area contributed by atoms with E-state index in [0.29, 0.717) is 19.4 Å². The Morgan fingerprint density at radius 2 is 2.03 bits per heavy atom. The fraction of sp³-hybridized carbons (Fsp3) is 0.455. The second-order valence-corrected chi connectivity index (χ2v) is 10.6. The molecule has 0 aliphatic carbocycles. The third-order valence-electron chi connectivity index (χ3n) is 5.56. The van der Waals surface area contributed by atoms with Crippen molar-refractivity contribution in [1.29, 1.82) is 0 Å². The Morgan fingerprint density at radius 3 is 2.72 bits per heavy atom. The van der Waals surface area contributed by atoms with Gasteiger partial charge in [-0.25, -0.2) is 8.42 Å². The van der Waals surface area contributed by atoms with E-state index in [0.717, 1.165) is 22.3 Å². The Hall–Kier alpha value is -2.25. The normalized spacial score (nSPS) is 19.4. The van der Waals surface area contributed by atoms with Crippen LogP contribution in [0.4, 0.5) is 0 Å². The lowest BCUT2D eigenvalue weighted by Gasteiger charge is -2.24. The fourth-order valence-corrected chi connectivity index (χ4v) is 5.48. The molecule has 2 aromatic rings. The smallest absolute Gasteiger partial charge is 0.309 e. The van der Waals surface area contributed by atoms with E-state index in [-0.39, 0.29) is 17.4 Å². The number of carboxylic acid groups (broad SMARTS) is 1. The molecule has 1 unspecified atom stereocenters. The largest absolute Gasteiger partial charge is 0.481 e. The molecule has 0 amide bonds. The lowest BCUT2D eigenvalue weighted by atomic mass is 9.85. The van der Waals surface area contributed by atoms with Crippen LogP contribution in [0.1, 0.15) is 43.0 Å². The summed E-state index contributed by atoms with van der Waals surface area (Å²) in [7, 11) is -3.65. The van der Waals surface area contributed by atoms with Crippen molar-refractivity contribution < 1.29 is 18.3 Å². The van der Waals surface area contributed by atoms with Gasteiger partial charge in [0.1, 0.15) is 4.90 Å². The molecule has 0 bridgehead atoms. The van der Waals surface area contributed by atoms with Crippen molar-refractivity contribution in [3.63, 3.8) is 0 Å². The number of aryl methyl sites for hydroxylation is 1. The lowest BCUT2D eigenvalue weighted by Crippen LogP contribution is -2.33. The molecule has 0 radical (unpaired) electrons. The predicted octanol–water partition coefficient (Wildman–Crippen LogP) is 3.43. The molecule has 1 aliphatic heterocycles. The lowest BCUT2D eigenvalue weighted by molar-refractivity contribution is -0.146. The number of carbonyl (C=O) groups is 1. The van der Waals surface area contributed by atoms with Gasteiger partial charge >= 0.3 is 5.97 Å². The first-order chi connectivity index (χ1) is 13.5. The van der Waals surface area contributed by atoms with Gasteiger partial charge in [0.2, 0.25) is 10.0 Å². The van der Waals surface area contributed by atoms with Crippen LogP contribution in [0.5, 0.6) is 0 Å². The summed E-state index contributed by atoms with van der Waals surface area (Å²) < 4.78 is 28.1. The molecule has 1 N–H and O–H groups in total. The van der Waals surface area contributed by atoms with Crippen LogP contribution in [0.2, 0.25) is 0 Å². The average molecular weight is 417 g/mol. The first-order valence-electron chi connectivity index (χ1n) is 9.75. The average Bonchev–Trinajstić information content (AvgIpc) is 2.72. The first kappa shape index (κ1) is 21.5. The van der Waals surface area contributed by atoms with Gasteiger partial charge in [-0.1, -0.05) is 25.1 Å². The summed E-state index contributed by atoms with van der Waals surface area (Å²) in [4.78, 5) is 15.8. The van der Waals surface area contributed by atoms with Gasteiger partial charge in [-0.05, 0) is 67.9 Å². The van der Waals surface area contributed by atoms with Gasteiger partial charge in [0.05, 0.1) is 5.41 Å². The van der Waals surface area contributed by atoms with E-state index in [4.69, 9.17) is 0 Å². The SMILES string of the molecule is Cc1ccc(CC(C)(C)C(=O)O)cc1CN1CC(C)Cc2ccncc2S1(=O)=O. The van der Waals surface area contributed by atoms with E-state index < -0.39 is 21.4 Å². The van der Waals surface area contributed by atoms with Crippen molar-refractivity contribution in [2.75, 3.05) is 6.54 Å². The zero-order chi connectivity index (χ0) is 21.4. The Kier molecular flexibility index (Phi) is 5.83. The highest BCUT2D eigenvalue weighted by Gasteiger charge is 2.33. The molecule has 3 rings (SSSR count). The number of sulfonamides is 1. The van der Waals surface area contributed by atoms with E-state index in [9.17, 15) is 18.3 Å². The van der Waals surface area contributed by atoms with E-state index >= 15 is 0 Å². The first-order valence-corrected chi connectivity index (χ1v) is 11.2. The minimum Gasteiger partial charge on any atom is -0.481 e. The number of carboxylic acids is 1. The summed E-state index contributed by atoms with van der Waals surface area (Å²) in [5, 5.41) is 9.42. The Morgan fingerprint density at radius 1 is 1.31 bits per heavy atom. The van der Waals surface area contributed by atoms with Gasteiger partial charge < -0.3 is 5.11 Å². The third kappa shape index (κ3) is 4.51. The fourth-order valence-electron chi connectivity index (χ4n) is 3.77. The second-order valence-electron chi connectivity index (χ2n) is 8.72. The van der Waals surface area contributed by atoms with Gasteiger partial charge in [-0.2, -0.15) is 4.31 Å². The molecule has 1 atom stereocenters. The summed E-state index contributed by atoms with van der Waals surface area (Å²) in [6, 6.07) is 7.58. The zero-order valence-electron chi connectivity index (χ0n) is 17.3. The number of nitrogens with zero attached hydrogens (tertiary/aromatic N) is 2. The Balaban J connectivity index is 1.95. The van der Waals surface area contributed by atoms with Crippen LogP contribution in [0.25, 0.3) is 0 Å². The topological polar surface area (TPSA) is 87.6 Å². The quantitative estimate of drug-likeness (QED) is 0.807. The molecular weight excluding hydrogens is 388 g/mol. The number of fused-ring (bicyclic) bond motifs is 1. The van der Waals surface area contributed by atoms with Crippen molar-refractivity contribution in [1.82, 2.24) is 9.29 Å². The van der Waals surface area contributed by atoms with Gasteiger partial charge in [0.15, 0.2) is 0 Å². The number of pyridine rings is 1.